The Bertz CT molecular complexity index is 708. The van der Waals surface area contributed by atoms with E-state index in [0.29, 0.717) is 11.6 Å². The SMILES string of the molecule is Cc1cc(C)cc(OCC(=O)N(C)c2ccc([N+](=O)[O-])cn2)c1. The number of aromatic nitrogens is 1. The Kier molecular flexibility index (Phi) is 4.90. The minimum Gasteiger partial charge on any atom is -0.484 e. The van der Waals surface area contributed by atoms with Crippen molar-refractivity contribution in [3.05, 3.63) is 57.8 Å². The van der Waals surface area contributed by atoms with Gasteiger partial charge in [-0.1, -0.05) is 6.07 Å². The first-order valence-electron chi connectivity index (χ1n) is 6.95. The lowest BCUT2D eigenvalue weighted by molar-refractivity contribution is -0.385. The summed E-state index contributed by atoms with van der Waals surface area (Å²) in [5.74, 6) is 0.649. The molecule has 0 aliphatic heterocycles. The van der Waals surface area contributed by atoms with E-state index in [1.54, 1.807) is 7.05 Å². The summed E-state index contributed by atoms with van der Waals surface area (Å²) in [5, 5.41) is 10.6. The van der Waals surface area contributed by atoms with E-state index in [4.69, 9.17) is 4.74 Å². The molecule has 0 saturated heterocycles. The smallest absolute Gasteiger partial charge is 0.287 e. The van der Waals surface area contributed by atoms with Gasteiger partial charge in [0.15, 0.2) is 6.61 Å². The zero-order valence-corrected chi connectivity index (χ0v) is 13.1. The first-order chi connectivity index (χ1) is 10.9. The molecule has 0 spiro atoms. The largest absolute Gasteiger partial charge is 0.484 e. The second-order valence-corrected chi connectivity index (χ2v) is 5.20. The van der Waals surface area contributed by atoms with Crippen molar-refractivity contribution in [3.63, 3.8) is 0 Å². The van der Waals surface area contributed by atoms with Crippen LogP contribution in [0, 0.1) is 24.0 Å². The molecule has 1 heterocycles. The Balaban J connectivity index is 2.00. The lowest BCUT2D eigenvalue weighted by atomic mass is 10.1. The normalized spacial score (nSPS) is 10.2. The molecule has 1 amide bonds. The fourth-order valence-electron chi connectivity index (χ4n) is 2.07. The van der Waals surface area contributed by atoms with Gasteiger partial charge in [0, 0.05) is 13.1 Å². The molecular formula is C16H17N3O4. The van der Waals surface area contributed by atoms with E-state index in [1.165, 1.54) is 17.0 Å². The summed E-state index contributed by atoms with van der Waals surface area (Å²) in [7, 11) is 1.54. The van der Waals surface area contributed by atoms with Crippen LogP contribution in [0.3, 0.4) is 0 Å². The molecule has 0 aliphatic rings. The van der Waals surface area contributed by atoms with Crippen molar-refractivity contribution < 1.29 is 14.5 Å². The molecule has 0 bridgehead atoms. The topological polar surface area (TPSA) is 85.6 Å². The molecule has 7 nitrogen and oxygen atoms in total. The van der Waals surface area contributed by atoms with Crippen molar-refractivity contribution in [1.82, 2.24) is 4.98 Å². The van der Waals surface area contributed by atoms with Gasteiger partial charge in [-0.3, -0.25) is 19.8 Å². The van der Waals surface area contributed by atoms with Gasteiger partial charge in [0.2, 0.25) is 0 Å². The van der Waals surface area contributed by atoms with Gasteiger partial charge in [0.1, 0.15) is 17.8 Å². The molecule has 0 saturated carbocycles. The maximum Gasteiger partial charge on any atom is 0.287 e. The number of anilines is 1. The Morgan fingerprint density at radius 1 is 1.26 bits per heavy atom. The maximum absolute atomic E-state index is 12.1. The molecule has 2 aromatic rings. The zero-order chi connectivity index (χ0) is 17.0. The molecular weight excluding hydrogens is 298 g/mol. The Morgan fingerprint density at radius 2 is 1.91 bits per heavy atom. The molecule has 0 aliphatic carbocycles. The number of rotatable bonds is 5. The van der Waals surface area contributed by atoms with Crippen LogP contribution in [0.2, 0.25) is 0 Å². The van der Waals surface area contributed by atoms with Gasteiger partial charge in [-0.15, -0.1) is 0 Å². The number of carbonyl (C=O) groups excluding carboxylic acids is 1. The molecule has 23 heavy (non-hydrogen) atoms. The highest BCUT2D eigenvalue weighted by Crippen LogP contribution is 2.17. The highest BCUT2D eigenvalue weighted by Gasteiger charge is 2.14. The van der Waals surface area contributed by atoms with Crippen molar-refractivity contribution in [2.24, 2.45) is 0 Å². The number of pyridine rings is 1. The maximum atomic E-state index is 12.1. The third-order valence-corrected chi connectivity index (χ3v) is 3.22. The zero-order valence-electron chi connectivity index (χ0n) is 13.1. The van der Waals surface area contributed by atoms with Crippen LogP contribution in [0.1, 0.15) is 11.1 Å². The van der Waals surface area contributed by atoms with Crippen LogP contribution in [0.25, 0.3) is 0 Å². The molecule has 7 heteroatoms. The number of hydrogen-bond acceptors (Lipinski definition) is 5. The van der Waals surface area contributed by atoms with Gasteiger partial charge in [0.25, 0.3) is 11.6 Å². The van der Waals surface area contributed by atoms with Crippen LogP contribution in [0.15, 0.2) is 36.5 Å². The van der Waals surface area contributed by atoms with Gasteiger partial charge < -0.3 is 4.74 Å². The van der Waals surface area contributed by atoms with Crippen LogP contribution in [-0.4, -0.2) is 29.5 Å². The molecule has 2 rings (SSSR count). The van der Waals surface area contributed by atoms with Crippen molar-refractivity contribution >= 4 is 17.4 Å². The average molecular weight is 315 g/mol. The first-order valence-corrected chi connectivity index (χ1v) is 6.95. The van der Waals surface area contributed by atoms with E-state index >= 15 is 0 Å². The van der Waals surface area contributed by atoms with E-state index in [1.807, 2.05) is 32.0 Å². The van der Waals surface area contributed by atoms with E-state index < -0.39 is 4.92 Å². The van der Waals surface area contributed by atoms with Gasteiger partial charge in [-0.05, 0) is 43.2 Å². The quantitative estimate of drug-likeness (QED) is 0.625. The van der Waals surface area contributed by atoms with E-state index in [2.05, 4.69) is 4.98 Å². The number of ether oxygens (including phenoxy) is 1. The second kappa shape index (κ2) is 6.87. The molecule has 1 aromatic heterocycles. The van der Waals surface area contributed by atoms with Gasteiger partial charge in [-0.2, -0.15) is 0 Å². The van der Waals surface area contributed by atoms with Gasteiger partial charge >= 0.3 is 0 Å². The third-order valence-electron chi connectivity index (χ3n) is 3.22. The van der Waals surface area contributed by atoms with E-state index in [9.17, 15) is 14.9 Å². The fraction of sp³-hybridized carbons (Fsp3) is 0.250. The summed E-state index contributed by atoms with van der Waals surface area (Å²) in [6.07, 6.45) is 1.11. The number of carbonyl (C=O) groups is 1. The Hall–Kier alpha value is -2.96. The number of aryl methyl sites for hydroxylation is 2. The summed E-state index contributed by atoms with van der Waals surface area (Å²) in [4.78, 5) is 27.4. The fourth-order valence-corrected chi connectivity index (χ4v) is 2.07. The molecule has 1 aromatic carbocycles. The first kappa shape index (κ1) is 16.4. The van der Waals surface area contributed by atoms with Gasteiger partial charge in [-0.25, -0.2) is 4.98 Å². The minimum absolute atomic E-state index is 0.124. The monoisotopic (exact) mass is 315 g/mol. The van der Waals surface area contributed by atoms with Crippen LogP contribution < -0.4 is 9.64 Å². The number of benzene rings is 1. The number of hydrogen-bond donors (Lipinski definition) is 0. The number of nitro groups is 1. The molecule has 0 radical (unpaired) electrons. The number of amides is 1. The lowest BCUT2D eigenvalue weighted by Crippen LogP contribution is -2.31. The van der Waals surface area contributed by atoms with Crippen LogP contribution >= 0.6 is 0 Å². The Morgan fingerprint density at radius 3 is 2.43 bits per heavy atom. The molecule has 0 atom stereocenters. The summed E-state index contributed by atoms with van der Waals surface area (Å²) in [5.41, 5.74) is 1.98. The number of nitrogens with zero attached hydrogens (tertiary/aromatic N) is 3. The summed E-state index contributed by atoms with van der Waals surface area (Å²) in [6, 6.07) is 8.44. The summed E-state index contributed by atoms with van der Waals surface area (Å²) in [6.45, 7) is 3.77. The lowest BCUT2D eigenvalue weighted by Gasteiger charge is -2.16. The van der Waals surface area contributed by atoms with E-state index in [0.717, 1.165) is 17.3 Å². The molecule has 0 fully saturated rings. The minimum atomic E-state index is -0.540. The molecule has 0 unspecified atom stereocenters. The molecule has 120 valence electrons. The van der Waals surface area contributed by atoms with Crippen LogP contribution in [-0.2, 0) is 4.79 Å². The molecule has 0 N–H and O–H groups in total. The van der Waals surface area contributed by atoms with Crippen molar-refractivity contribution in [2.45, 2.75) is 13.8 Å². The van der Waals surface area contributed by atoms with Crippen molar-refractivity contribution in [2.75, 3.05) is 18.6 Å². The predicted molar refractivity (Wildman–Crippen MR) is 85.7 cm³/mol. The summed E-state index contributed by atoms with van der Waals surface area (Å²) < 4.78 is 5.51. The second-order valence-electron chi connectivity index (χ2n) is 5.20. The van der Waals surface area contributed by atoms with Gasteiger partial charge in [0.05, 0.1) is 4.92 Å². The standard InChI is InChI=1S/C16H17N3O4/c1-11-6-12(2)8-14(7-11)23-10-16(20)18(3)15-5-4-13(9-17-15)19(21)22/h4-9H,10H2,1-3H3. The third kappa shape index (κ3) is 4.26. The number of likely N-dealkylation sites (N-methyl/N-ethyl adjacent to an activating group) is 1. The Labute approximate surface area is 133 Å². The van der Waals surface area contributed by atoms with Crippen molar-refractivity contribution in [3.8, 4) is 5.75 Å². The highest BCUT2D eigenvalue weighted by molar-refractivity contribution is 5.93. The highest BCUT2D eigenvalue weighted by atomic mass is 16.6. The predicted octanol–water partition coefficient (Wildman–Crippen LogP) is 2.65. The average Bonchev–Trinajstić information content (AvgIpc) is 2.51. The van der Waals surface area contributed by atoms with E-state index in [-0.39, 0.29) is 18.2 Å². The van der Waals surface area contributed by atoms with Crippen LogP contribution in [0.4, 0.5) is 11.5 Å². The van der Waals surface area contributed by atoms with Crippen molar-refractivity contribution in [1.29, 1.82) is 0 Å². The summed E-state index contributed by atoms with van der Waals surface area (Å²) >= 11 is 0. The van der Waals surface area contributed by atoms with Crippen LogP contribution in [0.5, 0.6) is 5.75 Å².